The Morgan fingerprint density at radius 2 is 1.59 bits per heavy atom. The fourth-order valence-corrected chi connectivity index (χ4v) is 1.76. The Bertz CT molecular complexity index is 608. The molecule has 0 N–H and O–H groups in total. The van der Waals surface area contributed by atoms with Crippen LogP contribution in [0.1, 0.15) is 27.6 Å². The first-order chi connectivity index (χ1) is 10.1. The van der Waals surface area contributed by atoms with Gasteiger partial charge in [-0.2, -0.15) is 13.2 Å². The van der Waals surface area contributed by atoms with Crippen molar-refractivity contribution in [2.75, 3.05) is 0 Å². The third-order valence-electron chi connectivity index (χ3n) is 3.12. The number of benzene rings is 1. The van der Waals surface area contributed by atoms with E-state index >= 15 is 0 Å². The maximum atomic E-state index is 13.5. The van der Waals surface area contributed by atoms with Gasteiger partial charge in [0, 0.05) is 0 Å². The van der Waals surface area contributed by atoms with Crippen LogP contribution in [0.25, 0.3) is 0 Å². The van der Waals surface area contributed by atoms with Crippen molar-refractivity contribution >= 4 is 17.8 Å². The topological polar surface area (TPSA) is 63.7 Å². The highest BCUT2D eigenvalue weighted by Gasteiger charge is 2.47. The standard InChI is InChI=1S/C13H9F4NO4/c1-6(13(15,16)17)9(14)12(21)22-18-10(19)7-4-2-3-5-8(7)11(18)20/h2-6,9H,1H3. The van der Waals surface area contributed by atoms with E-state index in [0.717, 1.165) is 0 Å². The van der Waals surface area contributed by atoms with Crippen molar-refractivity contribution in [3.05, 3.63) is 35.4 Å². The van der Waals surface area contributed by atoms with Crippen LogP contribution in [0.5, 0.6) is 0 Å². The van der Waals surface area contributed by atoms with Gasteiger partial charge < -0.3 is 4.84 Å². The summed E-state index contributed by atoms with van der Waals surface area (Å²) in [5, 5.41) is -0.0390. The Hall–Kier alpha value is -2.45. The van der Waals surface area contributed by atoms with E-state index in [1.807, 2.05) is 0 Å². The highest BCUT2D eigenvalue weighted by Crippen LogP contribution is 2.31. The van der Waals surface area contributed by atoms with E-state index < -0.39 is 36.0 Å². The SMILES string of the molecule is CC(C(F)C(=O)ON1C(=O)c2ccccc2C1=O)C(F)(F)F. The summed E-state index contributed by atoms with van der Waals surface area (Å²) in [6.45, 7) is 0.453. The molecule has 9 heteroatoms. The van der Waals surface area contributed by atoms with E-state index in [-0.39, 0.29) is 16.2 Å². The number of halogens is 4. The number of hydrogen-bond acceptors (Lipinski definition) is 4. The predicted octanol–water partition coefficient (Wildman–Crippen LogP) is 2.28. The number of rotatable bonds is 3. The first kappa shape index (κ1) is 15.9. The molecule has 0 saturated carbocycles. The second kappa shape index (κ2) is 5.39. The molecule has 0 aliphatic carbocycles. The van der Waals surface area contributed by atoms with E-state index in [1.54, 1.807) is 0 Å². The molecule has 0 fully saturated rings. The van der Waals surface area contributed by atoms with E-state index in [2.05, 4.69) is 4.84 Å². The summed E-state index contributed by atoms with van der Waals surface area (Å²) in [5.74, 6) is -6.67. The number of alkyl halides is 4. The van der Waals surface area contributed by atoms with Gasteiger partial charge in [-0.1, -0.05) is 24.1 Å². The molecule has 5 nitrogen and oxygen atoms in total. The average molecular weight is 319 g/mol. The number of amides is 2. The lowest BCUT2D eigenvalue weighted by molar-refractivity contribution is -0.205. The molecule has 2 atom stereocenters. The quantitative estimate of drug-likeness (QED) is 0.633. The number of hydrogen-bond donors (Lipinski definition) is 0. The minimum Gasteiger partial charge on any atom is -0.326 e. The van der Waals surface area contributed by atoms with Gasteiger partial charge in [-0.15, -0.1) is 0 Å². The van der Waals surface area contributed by atoms with Gasteiger partial charge in [0.25, 0.3) is 11.8 Å². The van der Waals surface area contributed by atoms with Gasteiger partial charge >= 0.3 is 12.1 Å². The summed E-state index contributed by atoms with van der Waals surface area (Å²) >= 11 is 0. The number of carbonyl (C=O) groups excluding carboxylic acids is 3. The van der Waals surface area contributed by atoms with Crippen LogP contribution in [0, 0.1) is 5.92 Å². The number of hydroxylamine groups is 2. The zero-order valence-corrected chi connectivity index (χ0v) is 11.1. The van der Waals surface area contributed by atoms with Crippen LogP contribution in [0.3, 0.4) is 0 Å². The first-order valence-electron chi connectivity index (χ1n) is 6.05. The van der Waals surface area contributed by atoms with E-state index in [1.165, 1.54) is 24.3 Å². The van der Waals surface area contributed by atoms with Crippen molar-refractivity contribution in [3.63, 3.8) is 0 Å². The van der Waals surface area contributed by atoms with Crippen LogP contribution in [-0.2, 0) is 9.63 Å². The molecular weight excluding hydrogens is 310 g/mol. The van der Waals surface area contributed by atoms with Gasteiger partial charge in [-0.25, -0.2) is 9.18 Å². The third kappa shape index (κ3) is 2.66. The molecule has 22 heavy (non-hydrogen) atoms. The van der Waals surface area contributed by atoms with Gasteiger partial charge in [0.15, 0.2) is 0 Å². The monoisotopic (exact) mass is 319 g/mol. The summed E-state index contributed by atoms with van der Waals surface area (Å²) in [6.07, 6.45) is -8.01. The number of carbonyl (C=O) groups is 3. The van der Waals surface area contributed by atoms with Crippen molar-refractivity contribution in [2.45, 2.75) is 19.3 Å². The predicted molar refractivity (Wildman–Crippen MR) is 63.1 cm³/mol. The van der Waals surface area contributed by atoms with Crippen LogP contribution in [-0.4, -0.2) is 35.2 Å². The largest absolute Gasteiger partial charge is 0.394 e. The number of nitrogens with zero attached hydrogens (tertiary/aromatic N) is 1. The Kier molecular flexibility index (Phi) is 3.90. The van der Waals surface area contributed by atoms with E-state index in [0.29, 0.717) is 6.92 Å². The molecule has 118 valence electrons. The third-order valence-corrected chi connectivity index (χ3v) is 3.12. The number of imide groups is 1. The summed E-state index contributed by atoms with van der Waals surface area (Å²) in [7, 11) is 0. The maximum Gasteiger partial charge on any atom is 0.394 e. The molecule has 1 aromatic carbocycles. The maximum absolute atomic E-state index is 13.5. The molecule has 2 rings (SSSR count). The first-order valence-corrected chi connectivity index (χ1v) is 6.05. The molecule has 1 heterocycles. The molecule has 0 spiro atoms. The van der Waals surface area contributed by atoms with Crippen LogP contribution in [0.15, 0.2) is 24.3 Å². The molecule has 2 unspecified atom stereocenters. The Morgan fingerprint density at radius 3 is 2.00 bits per heavy atom. The Morgan fingerprint density at radius 1 is 1.14 bits per heavy atom. The molecule has 1 aliphatic rings. The van der Waals surface area contributed by atoms with E-state index in [9.17, 15) is 31.9 Å². The van der Waals surface area contributed by atoms with Crippen molar-refractivity contribution in [1.29, 1.82) is 0 Å². The summed E-state index contributed by atoms with van der Waals surface area (Å²) in [6, 6.07) is 5.43. The summed E-state index contributed by atoms with van der Waals surface area (Å²) < 4.78 is 50.5. The van der Waals surface area contributed by atoms with Crippen molar-refractivity contribution in [3.8, 4) is 0 Å². The molecule has 0 bridgehead atoms. The Balaban J connectivity index is 2.14. The minimum absolute atomic E-state index is 0.0390. The van der Waals surface area contributed by atoms with E-state index in [4.69, 9.17) is 0 Å². The highest BCUT2D eigenvalue weighted by molar-refractivity contribution is 6.20. The molecule has 2 amide bonds. The van der Waals surface area contributed by atoms with Crippen LogP contribution in [0.2, 0.25) is 0 Å². The molecule has 0 radical (unpaired) electrons. The second-order valence-corrected chi connectivity index (χ2v) is 4.59. The van der Waals surface area contributed by atoms with Gasteiger partial charge in [0.05, 0.1) is 17.0 Å². The van der Waals surface area contributed by atoms with Crippen molar-refractivity contribution in [1.82, 2.24) is 5.06 Å². The lowest BCUT2D eigenvalue weighted by Crippen LogP contribution is -2.40. The van der Waals surface area contributed by atoms with Crippen LogP contribution in [0.4, 0.5) is 17.6 Å². The molecular formula is C13H9F4NO4. The normalized spacial score (nSPS) is 17.2. The van der Waals surface area contributed by atoms with Crippen LogP contribution < -0.4 is 0 Å². The highest BCUT2D eigenvalue weighted by atomic mass is 19.4. The zero-order valence-electron chi connectivity index (χ0n) is 11.1. The fourth-order valence-electron chi connectivity index (χ4n) is 1.76. The van der Waals surface area contributed by atoms with Crippen molar-refractivity contribution in [2.24, 2.45) is 5.92 Å². The molecule has 1 aromatic rings. The van der Waals surface area contributed by atoms with Gasteiger partial charge in [0.1, 0.15) is 0 Å². The summed E-state index contributed by atoms with van der Waals surface area (Å²) in [4.78, 5) is 39.2. The number of fused-ring (bicyclic) bond motifs is 1. The lowest BCUT2D eigenvalue weighted by Gasteiger charge is -2.20. The molecule has 0 aromatic heterocycles. The zero-order chi connectivity index (χ0) is 16.7. The molecule has 1 aliphatic heterocycles. The van der Waals surface area contributed by atoms with Gasteiger partial charge in [-0.3, -0.25) is 9.59 Å². The molecule has 0 saturated heterocycles. The van der Waals surface area contributed by atoms with Gasteiger partial charge in [-0.05, 0) is 12.1 Å². The smallest absolute Gasteiger partial charge is 0.326 e. The van der Waals surface area contributed by atoms with Gasteiger partial charge in [0.2, 0.25) is 6.17 Å². The summed E-state index contributed by atoms with van der Waals surface area (Å²) in [5.41, 5.74) is -0.167. The van der Waals surface area contributed by atoms with Crippen LogP contribution >= 0.6 is 0 Å². The van der Waals surface area contributed by atoms with Crippen molar-refractivity contribution < 1.29 is 36.8 Å². The second-order valence-electron chi connectivity index (χ2n) is 4.59. The fraction of sp³-hybridized carbons (Fsp3) is 0.308. The Labute approximate surface area is 121 Å². The average Bonchev–Trinajstić information content (AvgIpc) is 2.70. The lowest BCUT2D eigenvalue weighted by atomic mass is 10.1. The minimum atomic E-state index is -4.96.